The van der Waals surface area contributed by atoms with Crippen molar-refractivity contribution in [3.8, 4) is 34.1 Å². The number of likely N-dealkylation sites (N-methyl/N-ethyl adjacent to an activating group) is 1. The molecule has 5 heterocycles. The van der Waals surface area contributed by atoms with Crippen molar-refractivity contribution in [2.75, 3.05) is 18.5 Å². The van der Waals surface area contributed by atoms with Gasteiger partial charge >= 0.3 is 0 Å². The molecule has 2 aromatic heterocycles. The summed E-state index contributed by atoms with van der Waals surface area (Å²) in [5.74, 6) is -0.0183. The number of carbonyl (C=O) groups excluding carboxylic acids is 2. The molecule has 0 bridgehead atoms. The zero-order valence-electron chi connectivity index (χ0n) is 23.9. The molecule has 1 fully saturated rings. The van der Waals surface area contributed by atoms with Gasteiger partial charge in [0.15, 0.2) is 6.73 Å². The number of hydrogen-bond donors (Lipinski definition) is 1. The summed E-state index contributed by atoms with van der Waals surface area (Å²) in [6, 6.07) is 19.9. The quantitative estimate of drug-likeness (QED) is 0.264. The molecule has 3 aliphatic rings. The number of nitrogens with zero attached hydrogens (tertiary/aromatic N) is 3. The Morgan fingerprint density at radius 3 is 2.59 bits per heavy atom. The Morgan fingerprint density at radius 1 is 1.05 bits per heavy atom. The molecule has 5 aromatic rings. The number of aromatic nitrogens is 2. The molecular formula is C34H26F2N4O4. The van der Waals surface area contributed by atoms with Gasteiger partial charge in [0.1, 0.15) is 40.3 Å². The van der Waals surface area contributed by atoms with Crippen LogP contribution in [0.2, 0.25) is 0 Å². The third-order valence-corrected chi connectivity index (χ3v) is 9.06. The van der Waals surface area contributed by atoms with E-state index in [0.29, 0.717) is 74.8 Å². The smallest absolute Gasteiger partial charge is 0.234 e. The minimum absolute atomic E-state index is 0.0368. The van der Waals surface area contributed by atoms with Crippen LogP contribution >= 0.6 is 0 Å². The first-order valence-electron chi connectivity index (χ1n) is 14.3. The van der Waals surface area contributed by atoms with Crippen LogP contribution in [0.4, 0.5) is 14.5 Å². The first-order valence-corrected chi connectivity index (χ1v) is 14.3. The second-order valence-corrected chi connectivity index (χ2v) is 11.4. The van der Waals surface area contributed by atoms with Gasteiger partial charge in [0.2, 0.25) is 11.8 Å². The molecule has 3 aliphatic heterocycles. The Hall–Kier alpha value is -5.25. The number of anilines is 1. The van der Waals surface area contributed by atoms with Gasteiger partial charge in [-0.25, -0.2) is 13.8 Å². The van der Waals surface area contributed by atoms with Gasteiger partial charge in [0.25, 0.3) is 0 Å². The van der Waals surface area contributed by atoms with Gasteiger partial charge in [-0.1, -0.05) is 18.2 Å². The molecule has 3 aromatic carbocycles. The van der Waals surface area contributed by atoms with E-state index in [-0.39, 0.29) is 24.4 Å². The number of carbonyl (C=O) groups is 2. The number of hydrogen-bond acceptors (Lipinski definition) is 5. The number of β-lactam (4-membered cyclic amide) rings is 1. The molecular weight excluding hydrogens is 566 g/mol. The number of rotatable bonds is 4. The van der Waals surface area contributed by atoms with Crippen LogP contribution in [0.1, 0.15) is 30.6 Å². The number of fused-ring (bicyclic) bond motifs is 6. The van der Waals surface area contributed by atoms with Crippen molar-refractivity contribution in [2.24, 2.45) is 0 Å². The van der Waals surface area contributed by atoms with Crippen LogP contribution in [0.15, 0.2) is 72.8 Å². The molecule has 220 valence electrons. The van der Waals surface area contributed by atoms with Gasteiger partial charge in [0, 0.05) is 42.6 Å². The topological polar surface area (TPSA) is 85.7 Å². The van der Waals surface area contributed by atoms with Crippen LogP contribution in [0.3, 0.4) is 0 Å². The number of nitrogens with one attached hydrogen (secondary N) is 1. The summed E-state index contributed by atoms with van der Waals surface area (Å²) in [6.45, 7) is 2.54. The summed E-state index contributed by atoms with van der Waals surface area (Å²) in [5.41, 5.74) is 3.82. The van der Waals surface area contributed by atoms with Gasteiger partial charge in [0.05, 0.1) is 22.6 Å². The zero-order valence-corrected chi connectivity index (χ0v) is 23.9. The predicted molar refractivity (Wildman–Crippen MR) is 159 cm³/mol. The van der Waals surface area contributed by atoms with Gasteiger partial charge < -0.3 is 24.3 Å². The maximum Gasteiger partial charge on any atom is 0.234 e. The molecule has 1 saturated heterocycles. The number of pyridine rings is 1. The highest BCUT2D eigenvalue weighted by atomic mass is 19.1. The lowest BCUT2D eigenvalue weighted by Gasteiger charge is -2.33. The van der Waals surface area contributed by atoms with E-state index in [0.717, 1.165) is 0 Å². The number of benzene rings is 3. The number of halogens is 2. The molecule has 1 N–H and O–H groups in total. The standard InChI is InChI=1S/C34H26F2N4O4/c1-34(33(42)37-2)22-14-21(26(39-13-12-30(39)41)16-29(22)44-32(34)18-6-8-19(35)9-7-18)24-10-11-28-31(38-24)27-15-20-23(36)4-3-5-25(20)40(27)17-43-28/h3-11,14-16,32H,12-13,17H2,1-2H3,(H,37,42). The third-order valence-electron chi connectivity index (χ3n) is 9.06. The Labute approximate surface area is 250 Å². The van der Waals surface area contributed by atoms with Crippen LogP contribution in [0.5, 0.6) is 11.5 Å². The molecule has 44 heavy (non-hydrogen) atoms. The highest BCUT2D eigenvalue weighted by molar-refractivity contribution is 6.04. The zero-order chi connectivity index (χ0) is 30.3. The average molecular weight is 593 g/mol. The Balaban J connectivity index is 1.32. The van der Waals surface area contributed by atoms with E-state index in [4.69, 9.17) is 14.5 Å². The molecule has 2 unspecified atom stereocenters. The molecule has 8 nitrogen and oxygen atoms in total. The molecule has 0 radical (unpaired) electrons. The monoisotopic (exact) mass is 592 g/mol. The fourth-order valence-electron chi connectivity index (χ4n) is 6.61. The molecule has 8 rings (SSSR count). The van der Waals surface area contributed by atoms with E-state index in [9.17, 15) is 18.4 Å². The normalized spacial score (nSPS) is 19.9. The van der Waals surface area contributed by atoms with E-state index in [1.54, 1.807) is 49.2 Å². The van der Waals surface area contributed by atoms with Gasteiger partial charge in [-0.3, -0.25) is 9.59 Å². The lowest BCUT2D eigenvalue weighted by Crippen LogP contribution is -2.44. The highest BCUT2D eigenvalue weighted by Gasteiger charge is 2.52. The molecule has 2 atom stereocenters. The third kappa shape index (κ3) is 3.63. The summed E-state index contributed by atoms with van der Waals surface area (Å²) >= 11 is 0. The molecule has 0 aliphatic carbocycles. The maximum atomic E-state index is 14.7. The van der Waals surface area contributed by atoms with Crippen molar-refractivity contribution in [3.63, 3.8) is 0 Å². The lowest BCUT2D eigenvalue weighted by molar-refractivity contribution is -0.128. The van der Waals surface area contributed by atoms with E-state index < -0.39 is 17.3 Å². The minimum Gasteiger partial charge on any atom is -0.484 e. The molecule has 10 heteroatoms. The second-order valence-electron chi connectivity index (χ2n) is 11.4. The summed E-state index contributed by atoms with van der Waals surface area (Å²) < 4.78 is 42.9. The summed E-state index contributed by atoms with van der Waals surface area (Å²) in [5, 5.41) is 3.24. The Bertz CT molecular complexity index is 2040. The molecule has 0 spiro atoms. The first kappa shape index (κ1) is 26.4. The summed E-state index contributed by atoms with van der Waals surface area (Å²) in [6.07, 6.45) is -0.327. The summed E-state index contributed by atoms with van der Waals surface area (Å²) in [4.78, 5) is 33.0. The van der Waals surface area contributed by atoms with Crippen molar-refractivity contribution in [1.29, 1.82) is 0 Å². The first-order chi connectivity index (χ1) is 21.3. The Morgan fingerprint density at radius 2 is 1.86 bits per heavy atom. The van der Waals surface area contributed by atoms with Crippen LogP contribution in [0.25, 0.3) is 33.5 Å². The van der Waals surface area contributed by atoms with Crippen LogP contribution in [0, 0.1) is 11.6 Å². The lowest BCUT2D eigenvalue weighted by atomic mass is 9.75. The van der Waals surface area contributed by atoms with Gasteiger partial charge in [-0.2, -0.15) is 0 Å². The predicted octanol–water partition coefficient (Wildman–Crippen LogP) is 5.87. The van der Waals surface area contributed by atoms with E-state index >= 15 is 0 Å². The van der Waals surface area contributed by atoms with Crippen molar-refractivity contribution in [1.82, 2.24) is 14.9 Å². The van der Waals surface area contributed by atoms with E-state index in [2.05, 4.69) is 5.32 Å². The number of amides is 2. The molecule has 0 saturated carbocycles. The van der Waals surface area contributed by atoms with E-state index in [1.807, 2.05) is 28.8 Å². The average Bonchev–Trinajstić information content (AvgIpc) is 3.56. The van der Waals surface area contributed by atoms with Crippen molar-refractivity contribution < 1.29 is 27.8 Å². The molecule has 2 amide bonds. The van der Waals surface area contributed by atoms with E-state index in [1.165, 1.54) is 18.2 Å². The fourth-order valence-corrected chi connectivity index (χ4v) is 6.61. The number of ether oxygens (including phenoxy) is 2. The highest BCUT2D eigenvalue weighted by Crippen LogP contribution is 2.54. The van der Waals surface area contributed by atoms with Crippen LogP contribution < -0.4 is 19.7 Å². The van der Waals surface area contributed by atoms with Crippen molar-refractivity contribution in [3.05, 3.63) is 95.6 Å². The van der Waals surface area contributed by atoms with Gasteiger partial charge in [-0.15, -0.1) is 0 Å². The second kappa shape index (κ2) is 9.37. The SMILES string of the molecule is CNC(=O)C1(C)c2cc(-c3ccc4c(n3)-c3cc5c(F)cccc5n3CO4)c(N3CCC3=O)cc2OC1c1ccc(F)cc1. The fraction of sp³-hybridized carbons (Fsp3) is 0.206. The summed E-state index contributed by atoms with van der Waals surface area (Å²) in [7, 11) is 1.56. The van der Waals surface area contributed by atoms with Gasteiger partial charge in [-0.05, 0) is 61.0 Å². The maximum absolute atomic E-state index is 14.7. The van der Waals surface area contributed by atoms with Crippen molar-refractivity contribution in [2.45, 2.75) is 31.6 Å². The largest absolute Gasteiger partial charge is 0.484 e. The minimum atomic E-state index is -1.19. The van der Waals surface area contributed by atoms with Crippen LogP contribution in [-0.2, 0) is 21.7 Å². The van der Waals surface area contributed by atoms with Crippen molar-refractivity contribution >= 4 is 28.4 Å². The van der Waals surface area contributed by atoms with Crippen LogP contribution in [-0.4, -0.2) is 35.0 Å². The Kier molecular flexibility index (Phi) is 5.62.